The van der Waals surface area contributed by atoms with E-state index in [2.05, 4.69) is 0 Å². The fourth-order valence-electron chi connectivity index (χ4n) is 2.31. The Morgan fingerprint density at radius 3 is 2.94 bits per heavy atom. The molecule has 2 N–H and O–H groups in total. The summed E-state index contributed by atoms with van der Waals surface area (Å²) in [5, 5.41) is 18.8. The maximum absolute atomic E-state index is 12.9. The highest BCUT2D eigenvalue weighted by Gasteiger charge is 2.26. The molecule has 16 heavy (non-hydrogen) atoms. The molecule has 1 aromatic rings. The maximum atomic E-state index is 12.9. The molecular weight excluding hydrogens is 209 g/mol. The number of rotatable bonds is 3. The molecule has 1 aromatic carbocycles. The summed E-state index contributed by atoms with van der Waals surface area (Å²) in [6, 6.07) is 5.04. The second kappa shape index (κ2) is 4.70. The topological polar surface area (TPSA) is 43.7 Å². The van der Waals surface area contributed by atoms with E-state index in [1.807, 2.05) is 4.90 Å². The number of aliphatic hydroxyl groups is 1. The van der Waals surface area contributed by atoms with Gasteiger partial charge in [0.05, 0.1) is 12.6 Å². The number of hydrogen-bond donors (Lipinski definition) is 2. The van der Waals surface area contributed by atoms with Crippen LogP contribution >= 0.6 is 0 Å². The predicted molar refractivity (Wildman–Crippen MR) is 60.4 cm³/mol. The summed E-state index contributed by atoms with van der Waals surface area (Å²) < 4.78 is 12.9. The number of phenols is 1. The van der Waals surface area contributed by atoms with Crippen molar-refractivity contribution < 1.29 is 14.6 Å². The van der Waals surface area contributed by atoms with Gasteiger partial charge in [-0.05, 0) is 25.0 Å². The molecule has 1 saturated heterocycles. The molecule has 1 unspecified atom stereocenters. The lowest BCUT2D eigenvalue weighted by molar-refractivity contribution is 0.266. The first kappa shape index (κ1) is 11.2. The minimum atomic E-state index is -0.684. The standard InChI is InChI=1S/C12H16FNO2/c13-7-10-11(4-1-5-12(10)16)14-6-2-3-9(14)8-15/h1,4-5,9,15-16H,2-3,6-8H2. The Morgan fingerprint density at radius 2 is 2.25 bits per heavy atom. The highest BCUT2D eigenvalue weighted by Crippen LogP contribution is 2.33. The average molecular weight is 225 g/mol. The van der Waals surface area contributed by atoms with E-state index in [0.717, 1.165) is 19.4 Å². The van der Waals surface area contributed by atoms with E-state index in [4.69, 9.17) is 0 Å². The third-order valence-corrected chi connectivity index (χ3v) is 3.16. The van der Waals surface area contributed by atoms with Crippen LogP contribution in [0.15, 0.2) is 18.2 Å². The van der Waals surface area contributed by atoms with Crippen molar-refractivity contribution in [2.75, 3.05) is 18.1 Å². The summed E-state index contributed by atoms with van der Waals surface area (Å²) in [4.78, 5) is 1.98. The first-order valence-corrected chi connectivity index (χ1v) is 5.52. The summed E-state index contributed by atoms with van der Waals surface area (Å²) >= 11 is 0. The molecule has 88 valence electrons. The molecule has 4 heteroatoms. The largest absolute Gasteiger partial charge is 0.507 e. The lowest BCUT2D eigenvalue weighted by Gasteiger charge is -2.27. The summed E-state index contributed by atoms with van der Waals surface area (Å²) in [5.41, 5.74) is 1.03. The van der Waals surface area contributed by atoms with E-state index < -0.39 is 6.67 Å². The minimum absolute atomic E-state index is 0.0106. The molecule has 0 bridgehead atoms. The zero-order valence-electron chi connectivity index (χ0n) is 9.06. The van der Waals surface area contributed by atoms with E-state index in [-0.39, 0.29) is 18.4 Å². The van der Waals surface area contributed by atoms with Gasteiger partial charge in [0, 0.05) is 17.8 Å². The van der Waals surface area contributed by atoms with Gasteiger partial charge in [0.1, 0.15) is 12.4 Å². The first-order valence-electron chi connectivity index (χ1n) is 5.52. The van der Waals surface area contributed by atoms with Gasteiger partial charge in [-0.25, -0.2) is 4.39 Å². The molecule has 0 aliphatic carbocycles. The zero-order chi connectivity index (χ0) is 11.5. The third-order valence-electron chi connectivity index (χ3n) is 3.16. The Morgan fingerprint density at radius 1 is 1.44 bits per heavy atom. The first-order chi connectivity index (χ1) is 7.77. The highest BCUT2D eigenvalue weighted by atomic mass is 19.1. The van der Waals surface area contributed by atoms with Crippen LogP contribution in [0.3, 0.4) is 0 Å². The molecule has 1 aliphatic heterocycles. The van der Waals surface area contributed by atoms with Gasteiger partial charge in [-0.15, -0.1) is 0 Å². The van der Waals surface area contributed by atoms with Gasteiger partial charge in [-0.2, -0.15) is 0 Å². The number of aliphatic hydroxyl groups excluding tert-OH is 1. The summed E-state index contributed by atoms with van der Waals surface area (Å²) in [5.74, 6) is -0.0106. The second-order valence-corrected chi connectivity index (χ2v) is 4.08. The van der Waals surface area contributed by atoms with Crippen molar-refractivity contribution in [3.8, 4) is 5.75 Å². The second-order valence-electron chi connectivity index (χ2n) is 4.08. The fourth-order valence-corrected chi connectivity index (χ4v) is 2.31. The number of benzene rings is 1. The van der Waals surface area contributed by atoms with Crippen LogP contribution in [0, 0.1) is 0 Å². The van der Waals surface area contributed by atoms with E-state index >= 15 is 0 Å². The van der Waals surface area contributed by atoms with Gasteiger partial charge in [-0.3, -0.25) is 0 Å². The number of halogens is 1. The third kappa shape index (κ3) is 1.85. The fraction of sp³-hybridized carbons (Fsp3) is 0.500. The molecule has 1 aliphatic rings. The van der Waals surface area contributed by atoms with Gasteiger partial charge < -0.3 is 15.1 Å². The van der Waals surface area contributed by atoms with Crippen molar-refractivity contribution in [3.05, 3.63) is 23.8 Å². The Labute approximate surface area is 94.1 Å². The SMILES string of the molecule is OCC1CCCN1c1cccc(O)c1CF. The van der Waals surface area contributed by atoms with Crippen LogP contribution in [0.5, 0.6) is 5.75 Å². The molecule has 1 atom stereocenters. The molecule has 0 saturated carbocycles. The van der Waals surface area contributed by atoms with Gasteiger partial charge in [0.15, 0.2) is 0 Å². The molecule has 0 aromatic heterocycles. The summed E-state index contributed by atoms with van der Waals surface area (Å²) in [6.45, 7) is 0.194. The maximum Gasteiger partial charge on any atom is 0.123 e. The normalized spacial score (nSPS) is 20.4. The molecule has 1 heterocycles. The minimum Gasteiger partial charge on any atom is -0.507 e. The van der Waals surface area contributed by atoms with E-state index in [1.165, 1.54) is 6.07 Å². The lowest BCUT2D eigenvalue weighted by Crippen LogP contribution is -2.32. The average Bonchev–Trinajstić information content (AvgIpc) is 2.76. The molecule has 3 nitrogen and oxygen atoms in total. The Hall–Kier alpha value is -1.29. The Kier molecular flexibility index (Phi) is 3.29. The smallest absolute Gasteiger partial charge is 0.123 e. The molecule has 0 radical (unpaired) electrons. The zero-order valence-corrected chi connectivity index (χ0v) is 9.06. The van der Waals surface area contributed by atoms with Crippen LogP contribution in [-0.2, 0) is 6.67 Å². The van der Waals surface area contributed by atoms with Crippen molar-refractivity contribution >= 4 is 5.69 Å². The number of hydrogen-bond acceptors (Lipinski definition) is 3. The summed E-state index contributed by atoms with van der Waals surface area (Å²) in [7, 11) is 0. The van der Waals surface area contributed by atoms with Gasteiger partial charge >= 0.3 is 0 Å². The lowest BCUT2D eigenvalue weighted by atomic mass is 10.1. The monoisotopic (exact) mass is 225 g/mol. The van der Waals surface area contributed by atoms with Crippen molar-refractivity contribution in [1.82, 2.24) is 0 Å². The van der Waals surface area contributed by atoms with Gasteiger partial charge in [0.25, 0.3) is 0 Å². The van der Waals surface area contributed by atoms with Crippen LogP contribution in [0.2, 0.25) is 0 Å². The molecule has 0 amide bonds. The predicted octanol–water partition coefficient (Wildman–Crippen LogP) is 1.82. The number of alkyl halides is 1. The van der Waals surface area contributed by atoms with Crippen molar-refractivity contribution in [2.45, 2.75) is 25.6 Å². The Balaban J connectivity index is 2.35. The molecule has 1 fully saturated rings. The van der Waals surface area contributed by atoms with Crippen molar-refractivity contribution in [2.24, 2.45) is 0 Å². The van der Waals surface area contributed by atoms with Crippen molar-refractivity contribution in [3.63, 3.8) is 0 Å². The molecular formula is C12H16FNO2. The number of aromatic hydroxyl groups is 1. The number of phenolic OH excluding ortho intramolecular Hbond substituents is 1. The van der Waals surface area contributed by atoms with E-state index in [1.54, 1.807) is 12.1 Å². The van der Waals surface area contributed by atoms with E-state index in [9.17, 15) is 14.6 Å². The van der Waals surface area contributed by atoms with Crippen LogP contribution in [0.1, 0.15) is 18.4 Å². The number of nitrogens with zero attached hydrogens (tertiary/aromatic N) is 1. The van der Waals surface area contributed by atoms with Crippen molar-refractivity contribution in [1.29, 1.82) is 0 Å². The quantitative estimate of drug-likeness (QED) is 0.824. The Bertz CT molecular complexity index is 370. The summed E-state index contributed by atoms with van der Waals surface area (Å²) in [6.07, 6.45) is 1.91. The van der Waals surface area contributed by atoms with Crippen LogP contribution in [0.25, 0.3) is 0 Å². The van der Waals surface area contributed by atoms with Crippen LogP contribution in [-0.4, -0.2) is 29.4 Å². The molecule has 0 spiro atoms. The van der Waals surface area contributed by atoms with E-state index in [0.29, 0.717) is 11.3 Å². The van der Waals surface area contributed by atoms with Gasteiger partial charge in [-0.1, -0.05) is 6.07 Å². The van der Waals surface area contributed by atoms with Crippen LogP contribution in [0.4, 0.5) is 10.1 Å². The van der Waals surface area contributed by atoms with Gasteiger partial charge in [0.2, 0.25) is 0 Å². The van der Waals surface area contributed by atoms with Crippen LogP contribution < -0.4 is 4.90 Å². The molecule has 2 rings (SSSR count). The highest BCUT2D eigenvalue weighted by molar-refractivity contribution is 5.60. The number of anilines is 1.